The fourth-order valence-electron chi connectivity index (χ4n) is 3.57. The largest absolute Gasteiger partial charge is 0.342 e. The molecule has 142 valence electrons. The summed E-state index contributed by atoms with van der Waals surface area (Å²) in [6.45, 7) is 6.58. The van der Waals surface area contributed by atoms with E-state index in [-0.39, 0.29) is 22.6 Å². The van der Waals surface area contributed by atoms with Crippen molar-refractivity contribution in [1.29, 1.82) is 0 Å². The Labute approximate surface area is 158 Å². The molecular formula is C18H27N5O2S. The number of nitrogens with one attached hydrogen (secondary N) is 2. The smallest absolute Gasteiger partial charge is 0.279 e. The number of rotatable bonds is 6. The fraction of sp³-hybridized carbons (Fsp3) is 0.667. The second-order valence-corrected chi connectivity index (χ2v) is 8.05. The molecule has 2 aromatic heterocycles. The number of aryl methyl sites for hydroxylation is 1. The van der Waals surface area contributed by atoms with E-state index in [1.807, 2.05) is 20.8 Å². The number of imidazole rings is 1. The molecule has 1 aliphatic rings. The highest BCUT2D eigenvalue weighted by molar-refractivity contribution is 7.81. The normalized spacial score (nSPS) is 17.7. The second kappa shape index (κ2) is 7.42. The van der Waals surface area contributed by atoms with Crippen molar-refractivity contribution in [3.05, 3.63) is 22.5 Å². The number of aromatic nitrogens is 4. The standard InChI is InChI=1S/C18H27N5O2S/c1-4-9-23-10-19-14-12(16(23)25)20-17(21-14)18(7-5-6-8-18)22-15(24)13(26)11(2)3/h10-11,13,26H,4-9H2,1-3H3,(H,20,21)(H,22,24)/t13-/m0/s1. The Balaban J connectivity index is 1.99. The summed E-state index contributed by atoms with van der Waals surface area (Å²) in [4.78, 5) is 37.3. The molecule has 0 spiro atoms. The van der Waals surface area contributed by atoms with Gasteiger partial charge in [0, 0.05) is 6.54 Å². The number of aromatic amines is 1. The molecule has 0 aromatic carbocycles. The summed E-state index contributed by atoms with van der Waals surface area (Å²) in [5.74, 6) is 0.666. The Morgan fingerprint density at radius 2 is 2.12 bits per heavy atom. The van der Waals surface area contributed by atoms with Gasteiger partial charge in [0.15, 0.2) is 11.2 Å². The van der Waals surface area contributed by atoms with E-state index >= 15 is 0 Å². The van der Waals surface area contributed by atoms with Gasteiger partial charge in [-0.05, 0) is 25.2 Å². The third-order valence-corrected chi connectivity index (χ3v) is 5.95. The van der Waals surface area contributed by atoms with E-state index in [0.29, 0.717) is 23.5 Å². The van der Waals surface area contributed by atoms with E-state index in [9.17, 15) is 9.59 Å². The maximum atomic E-state index is 12.6. The van der Waals surface area contributed by atoms with Crippen LogP contribution in [-0.2, 0) is 16.9 Å². The average Bonchev–Trinajstić information content (AvgIpc) is 3.24. The van der Waals surface area contributed by atoms with Gasteiger partial charge in [-0.1, -0.05) is 33.6 Å². The van der Waals surface area contributed by atoms with Crippen molar-refractivity contribution in [2.24, 2.45) is 5.92 Å². The van der Waals surface area contributed by atoms with E-state index in [0.717, 1.165) is 32.1 Å². The molecule has 0 bridgehead atoms. The van der Waals surface area contributed by atoms with Crippen LogP contribution < -0.4 is 10.9 Å². The van der Waals surface area contributed by atoms with Gasteiger partial charge < -0.3 is 10.3 Å². The predicted molar refractivity (Wildman–Crippen MR) is 104 cm³/mol. The van der Waals surface area contributed by atoms with Crippen LogP contribution in [-0.4, -0.2) is 30.7 Å². The number of thiol groups is 1. The molecule has 1 saturated carbocycles. The van der Waals surface area contributed by atoms with Gasteiger partial charge in [-0.3, -0.25) is 14.2 Å². The molecule has 0 aliphatic heterocycles. The highest BCUT2D eigenvalue weighted by Gasteiger charge is 2.41. The first-order valence-corrected chi connectivity index (χ1v) is 9.85. The highest BCUT2D eigenvalue weighted by atomic mass is 32.1. The Kier molecular flexibility index (Phi) is 5.41. The number of hydrogen-bond donors (Lipinski definition) is 3. The fourth-order valence-corrected chi connectivity index (χ4v) is 3.63. The molecular weight excluding hydrogens is 350 g/mol. The van der Waals surface area contributed by atoms with E-state index in [1.54, 1.807) is 10.9 Å². The van der Waals surface area contributed by atoms with Crippen molar-refractivity contribution in [3.8, 4) is 0 Å². The van der Waals surface area contributed by atoms with Crippen molar-refractivity contribution in [2.45, 2.75) is 70.2 Å². The zero-order chi connectivity index (χ0) is 18.9. The van der Waals surface area contributed by atoms with Gasteiger partial charge in [0.05, 0.1) is 10.8 Å². The monoisotopic (exact) mass is 377 g/mol. The maximum Gasteiger partial charge on any atom is 0.279 e. The van der Waals surface area contributed by atoms with Crippen LogP contribution in [0.15, 0.2) is 11.1 Å². The van der Waals surface area contributed by atoms with E-state index in [4.69, 9.17) is 0 Å². The SMILES string of the molecule is CCCn1cnc2nc(C3(NC(=O)[C@@H](S)C(C)C)CCCC3)[nH]c2c1=O. The van der Waals surface area contributed by atoms with Crippen molar-refractivity contribution in [3.63, 3.8) is 0 Å². The predicted octanol–water partition coefficient (Wildman–Crippen LogP) is 2.37. The molecule has 0 unspecified atom stereocenters. The molecule has 2 N–H and O–H groups in total. The first-order chi connectivity index (χ1) is 12.4. The minimum Gasteiger partial charge on any atom is -0.342 e. The molecule has 0 radical (unpaired) electrons. The van der Waals surface area contributed by atoms with Gasteiger partial charge in [0.25, 0.3) is 5.56 Å². The lowest BCUT2D eigenvalue weighted by molar-refractivity contribution is -0.123. The third-order valence-electron chi connectivity index (χ3n) is 5.12. The van der Waals surface area contributed by atoms with Crippen molar-refractivity contribution < 1.29 is 4.79 Å². The first kappa shape index (κ1) is 18.9. The number of hydrogen-bond acceptors (Lipinski definition) is 5. The number of carbonyl (C=O) groups is 1. The van der Waals surface area contributed by atoms with Crippen molar-refractivity contribution in [2.75, 3.05) is 0 Å². The summed E-state index contributed by atoms with van der Waals surface area (Å²) in [6.07, 6.45) is 5.99. The van der Waals surface area contributed by atoms with E-state index in [2.05, 4.69) is 32.9 Å². The van der Waals surface area contributed by atoms with Gasteiger partial charge >= 0.3 is 0 Å². The molecule has 7 nitrogen and oxygen atoms in total. The van der Waals surface area contributed by atoms with Crippen LogP contribution >= 0.6 is 12.6 Å². The molecule has 0 saturated heterocycles. The summed E-state index contributed by atoms with van der Waals surface area (Å²) < 4.78 is 1.59. The summed E-state index contributed by atoms with van der Waals surface area (Å²) in [7, 11) is 0. The molecule has 2 aromatic rings. The van der Waals surface area contributed by atoms with Gasteiger partial charge in [-0.25, -0.2) is 9.97 Å². The van der Waals surface area contributed by atoms with Gasteiger partial charge in [0.1, 0.15) is 12.2 Å². The average molecular weight is 378 g/mol. The van der Waals surface area contributed by atoms with Crippen molar-refractivity contribution in [1.82, 2.24) is 24.8 Å². The Bertz CT molecular complexity index is 851. The number of amides is 1. The van der Waals surface area contributed by atoms with Crippen LogP contribution in [0.1, 0.15) is 58.7 Å². The third kappa shape index (κ3) is 3.39. The first-order valence-electron chi connectivity index (χ1n) is 9.33. The van der Waals surface area contributed by atoms with Crippen LogP contribution in [0.25, 0.3) is 11.2 Å². The summed E-state index contributed by atoms with van der Waals surface area (Å²) >= 11 is 4.44. The summed E-state index contributed by atoms with van der Waals surface area (Å²) in [6, 6.07) is 0. The van der Waals surface area contributed by atoms with E-state index in [1.165, 1.54) is 0 Å². The lowest BCUT2D eigenvalue weighted by Crippen LogP contribution is -2.48. The molecule has 1 fully saturated rings. The minimum absolute atomic E-state index is 0.0953. The molecule has 8 heteroatoms. The molecule has 1 aliphatic carbocycles. The van der Waals surface area contributed by atoms with Crippen LogP contribution in [0.3, 0.4) is 0 Å². The van der Waals surface area contributed by atoms with E-state index < -0.39 is 5.54 Å². The lowest BCUT2D eigenvalue weighted by atomic mass is 9.95. The quantitative estimate of drug-likeness (QED) is 0.674. The van der Waals surface area contributed by atoms with Crippen LogP contribution in [0.2, 0.25) is 0 Å². The van der Waals surface area contributed by atoms with Crippen LogP contribution in [0.5, 0.6) is 0 Å². The second-order valence-electron chi connectivity index (χ2n) is 7.49. The number of carbonyl (C=O) groups excluding carboxylic acids is 1. The molecule has 1 atom stereocenters. The van der Waals surface area contributed by atoms with Crippen molar-refractivity contribution >= 4 is 29.7 Å². The van der Waals surface area contributed by atoms with Gasteiger partial charge in [-0.15, -0.1) is 0 Å². The molecule has 26 heavy (non-hydrogen) atoms. The zero-order valence-corrected chi connectivity index (χ0v) is 16.5. The van der Waals surface area contributed by atoms with Gasteiger partial charge in [0.2, 0.25) is 5.91 Å². The van der Waals surface area contributed by atoms with Crippen LogP contribution in [0.4, 0.5) is 0 Å². The molecule has 3 rings (SSSR count). The zero-order valence-electron chi connectivity index (χ0n) is 15.6. The maximum absolute atomic E-state index is 12.6. The Morgan fingerprint density at radius 3 is 2.73 bits per heavy atom. The lowest BCUT2D eigenvalue weighted by Gasteiger charge is -2.30. The Morgan fingerprint density at radius 1 is 1.42 bits per heavy atom. The molecule has 1 amide bonds. The summed E-state index contributed by atoms with van der Waals surface area (Å²) in [5.41, 5.74) is 0.117. The topological polar surface area (TPSA) is 92.7 Å². The summed E-state index contributed by atoms with van der Waals surface area (Å²) in [5, 5.41) is 2.79. The van der Waals surface area contributed by atoms with Crippen LogP contribution in [0, 0.1) is 5.92 Å². The van der Waals surface area contributed by atoms with Gasteiger partial charge in [-0.2, -0.15) is 12.6 Å². The minimum atomic E-state index is -0.574. The highest BCUT2D eigenvalue weighted by Crippen LogP contribution is 2.38. The number of H-pyrrole nitrogens is 1. The number of fused-ring (bicyclic) bond motifs is 1. The Hall–Kier alpha value is -1.83. The molecule has 2 heterocycles. The number of nitrogens with zero attached hydrogens (tertiary/aromatic N) is 3.